The first-order valence-electron chi connectivity index (χ1n) is 9.22. The standard InChI is InChI=1S/C20H31N5O2S/c1-14-12-23-19(28-14)9-10-22-20(21-2)24-13-16(25(3)4)15-7-8-17(26-5)18(11-15)27-6/h7-8,11-12,16H,9-10,13H2,1-6H3,(H2,21,22,24). The molecule has 0 spiro atoms. The van der Waals surface area contributed by atoms with Gasteiger partial charge in [0.05, 0.1) is 25.3 Å². The zero-order valence-electron chi connectivity index (χ0n) is 17.6. The SMILES string of the molecule is CN=C(NCCc1ncc(C)s1)NCC(c1ccc(OC)c(OC)c1)N(C)C. The van der Waals surface area contributed by atoms with Crippen LogP contribution >= 0.6 is 11.3 Å². The summed E-state index contributed by atoms with van der Waals surface area (Å²) in [6, 6.07) is 6.18. The van der Waals surface area contributed by atoms with Crippen molar-refractivity contribution in [1.82, 2.24) is 20.5 Å². The topological polar surface area (TPSA) is 71.0 Å². The first-order chi connectivity index (χ1) is 13.5. The van der Waals surface area contributed by atoms with Crippen LogP contribution in [0.15, 0.2) is 29.4 Å². The van der Waals surface area contributed by atoms with Gasteiger partial charge in [-0.2, -0.15) is 0 Å². The number of thiazole rings is 1. The number of aryl methyl sites for hydroxylation is 1. The molecule has 0 saturated heterocycles. The molecule has 0 aliphatic heterocycles. The van der Waals surface area contributed by atoms with Crippen molar-refractivity contribution in [1.29, 1.82) is 0 Å². The summed E-state index contributed by atoms with van der Waals surface area (Å²) in [5.74, 6) is 2.24. The van der Waals surface area contributed by atoms with Gasteiger partial charge in [0, 0.05) is 37.6 Å². The van der Waals surface area contributed by atoms with E-state index < -0.39 is 0 Å². The van der Waals surface area contributed by atoms with Gasteiger partial charge in [-0.05, 0) is 38.7 Å². The smallest absolute Gasteiger partial charge is 0.191 e. The van der Waals surface area contributed by atoms with Crippen LogP contribution in [0, 0.1) is 6.92 Å². The van der Waals surface area contributed by atoms with E-state index in [-0.39, 0.29) is 6.04 Å². The van der Waals surface area contributed by atoms with Gasteiger partial charge in [0.15, 0.2) is 17.5 Å². The number of rotatable bonds is 9. The number of nitrogens with one attached hydrogen (secondary N) is 2. The lowest BCUT2D eigenvalue weighted by atomic mass is 10.1. The second kappa shape index (κ2) is 10.9. The van der Waals surface area contributed by atoms with Crippen molar-refractivity contribution < 1.29 is 9.47 Å². The van der Waals surface area contributed by atoms with Crippen molar-refractivity contribution in [2.45, 2.75) is 19.4 Å². The quantitative estimate of drug-likeness (QED) is 0.493. The average Bonchev–Trinajstić information content (AvgIpc) is 3.11. The van der Waals surface area contributed by atoms with Crippen LogP contribution in [-0.4, -0.2) is 64.3 Å². The summed E-state index contributed by atoms with van der Waals surface area (Å²) in [5.41, 5.74) is 1.14. The molecule has 8 heteroatoms. The number of ether oxygens (including phenoxy) is 2. The van der Waals surface area contributed by atoms with Gasteiger partial charge in [-0.25, -0.2) is 4.98 Å². The van der Waals surface area contributed by atoms with E-state index in [1.165, 1.54) is 4.88 Å². The molecule has 1 aromatic carbocycles. The Morgan fingerprint density at radius 3 is 2.54 bits per heavy atom. The van der Waals surface area contributed by atoms with Gasteiger partial charge in [0.1, 0.15) is 0 Å². The highest BCUT2D eigenvalue weighted by Gasteiger charge is 2.17. The summed E-state index contributed by atoms with van der Waals surface area (Å²) >= 11 is 1.73. The van der Waals surface area contributed by atoms with Crippen LogP contribution in [0.25, 0.3) is 0 Å². The van der Waals surface area contributed by atoms with Gasteiger partial charge in [-0.1, -0.05) is 6.07 Å². The summed E-state index contributed by atoms with van der Waals surface area (Å²) in [6.45, 7) is 3.57. The molecule has 1 aromatic heterocycles. The summed E-state index contributed by atoms with van der Waals surface area (Å²) in [6.07, 6.45) is 2.80. The lowest BCUT2D eigenvalue weighted by molar-refractivity contribution is 0.295. The van der Waals surface area contributed by atoms with E-state index in [1.54, 1.807) is 32.6 Å². The van der Waals surface area contributed by atoms with Gasteiger partial charge in [0.2, 0.25) is 0 Å². The number of hydrogen-bond donors (Lipinski definition) is 2. The van der Waals surface area contributed by atoms with Gasteiger partial charge < -0.3 is 25.0 Å². The van der Waals surface area contributed by atoms with Crippen LogP contribution in [0.3, 0.4) is 0 Å². The van der Waals surface area contributed by atoms with Gasteiger partial charge >= 0.3 is 0 Å². The van der Waals surface area contributed by atoms with E-state index in [9.17, 15) is 0 Å². The van der Waals surface area contributed by atoms with Crippen LogP contribution in [0.1, 0.15) is 21.5 Å². The third-order valence-corrected chi connectivity index (χ3v) is 5.38. The molecule has 0 bridgehead atoms. The van der Waals surface area contributed by atoms with Crippen LogP contribution in [0.5, 0.6) is 11.5 Å². The van der Waals surface area contributed by atoms with Crippen LogP contribution in [0.4, 0.5) is 0 Å². The van der Waals surface area contributed by atoms with E-state index in [1.807, 2.05) is 18.3 Å². The number of likely N-dealkylation sites (N-methyl/N-ethyl adjacent to an activating group) is 1. The minimum atomic E-state index is 0.153. The molecule has 1 atom stereocenters. The summed E-state index contributed by atoms with van der Waals surface area (Å²) in [7, 11) is 9.20. The molecule has 1 unspecified atom stereocenters. The second-order valence-electron chi connectivity index (χ2n) is 6.59. The van der Waals surface area contributed by atoms with Gasteiger partial charge in [-0.15, -0.1) is 11.3 Å². The number of aromatic nitrogens is 1. The maximum atomic E-state index is 5.45. The van der Waals surface area contributed by atoms with Crippen molar-refractivity contribution in [3.05, 3.63) is 39.8 Å². The lowest BCUT2D eigenvalue weighted by Gasteiger charge is -2.26. The normalized spacial score (nSPS) is 12.8. The molecule has 0 saturated carbocycles. The molecular formula is C20H31N5O2S. The molecule has 2 rings (SSSR count). The van der Waals surface area contributed by atoms with Crippen LogP contribution < -0.4 is 20.1 Å². The number of guanidine groups is 1. The van der Waals surface area contributed by atoms with Crippen molar-refractivity contribution >= 4 is 17.3 Å². The average molecular weight is 406 g/mol. The zero-order valence-corrected chi connectivity index (χ0v) is 18.4. The van der Waals surface area contributed by atoms with Gasteiger partial charge in [-0.3, -0.25) is 4.99 Å². The molecule has 1 heterocycles. The molecule has 154 valence electrons. The predicted molar refractivity (Wildman–Crippen MR) is 116 cm³/mol. The first-order valence-corrected chi connectivity index (χ1v) is 10.0. The fourth-order valence-electron chi connectivity index (χ4n) is 2.88. The molecular weight excluding hydrogens is 374 g/mol. The largest absolute Gasteiger partial charge is 0.493 e. The van der Waals surface area contributed by atoms with Crippen LogP contribution in [0.2, 0.25) is 0 Å². The monoisotopic (exact) mass is 405 g/mol. The summed E-state index contributed by atoms with van der Waals surface area (Å²) in [4.78, 5) is 12.1. The highest BCUT2D eigenvalue weighted by Crippen LogP contribution is 2.31. The minimum absolute atomic E-state index is 0.153. The Labute approximate surface area is 171 Å². The van der Waals surface area contributed by atoms with Crippen molar-refractivity contribution in [2.24, 2.45) is 4.99 Å². The van der Waals surface area contributed by atoms with Crippen molar-refractivity contribution in [2.75, 3.05) is 48.5 Å². The molecule has 0 amide bonds. The third kappa shape index (κ3) is 6.10. The predicted octanol–water partition coefficient (Wildman–Crippen LogP) is 2.48. The highest BCUT2D eigenvalue weighted by molar-refractivity contribution is 7.11. The Kier molecular flexibility index (Phi) is 8.53. The Morgan fingerprint density at radius 1 is 1.21 bits per heavy atom. The Hall–Kier alpha value is -2.32. The summed E-state index contributed by atoms with van der Waals surface area (Å²) in [5, 5.41) is 7.91. The number of aliphatic imine (C=N–C) groups is 1. The number of nitrogens with zero attached hydrogens (tertiary/aromatic N) is 3. The van der Waals surface area contributed by atoms with Crippen LogP contribution in [-0.2, 0) is 6.42 Å². The van der Waals surface area contributed by atoms with Crippen molar-refractivity contribution in [3.63, 3.8) is 0 Å². The van der Waals surface area contributed by atoms with E-state index in [2.05, 4.69) is 52.6 Å². The molecule has 2 N–H and O–H groups in total. The number of methoxy groups -OCH3 is 2. The maximum Gasteiger partial charge on any atom is 0.191 e. The lowest BCUT2D eigenvalue weighted by Crippen LogP contribution is -2.42. The fourth-order valence-corrected chi connectivity index (χ4v) is 3.66. The highest BCUT2D eigenvalue weighted by atomic mass is 32.1. The number of benzene rings is 1. The molecule has 28 heavy (non-hydrogen) atoms. The van der Waals surface area contributed by atoms with E-state index in [0.29, 0.717) is 6.54 Å². The van der Waals surface area contributed by atoms with E-state index >= 15 is 0 Å². The van der Waals surface area contributed by atoms with Crippen molar-refractivity contribution in [3.8, 4) is 11.5 Å². The maximum absolute atomic E-state index is 5.45. The Balaban J connectivity index is 1.95. The Morgan fingerprint density at radius 2 is 1.96 bits per heavy atom. The van der Waals surface area contributed by atoms with E-state index in [0.717, 1.165) is 41.0 Å². The molecule has 0 fully saturated rings. The summed E-state index contributed by atoms with van der Waals surface area (Å²) < 4.78 is 10.8. The fraction of sp³-hybridized carbons (Fsp3) is 0.500. The van der Waals surface area contributed by atoms with E-state index in [4.69, 9.17) is 9.47 Å². The first kappa shape index (κ1) is 22.0. The second-order valence-corrected chi connectivity index (χ2v) is 7.91. The zero-order chi connectivity index (χ0) is 20.5. The molecule has 7 nitrogen and oxygen atoms in total. The number of hydrogen-bond acceptors (Lipinski definition) is 6. The Bertz CT molecular complexity index is 776. The molecule has 2 aromatic rings. The van der Waals surface area contributed by atoms with Gasteiger partial charge in [0.25, 0.3) is 0 Å². The third-order valence-electron chi connectivity index (χ3n) is 4.40. The molecule has 0 aliphatic carbocycles. The molecule has 0 radical (unpaired) electrons. The molecule has 0 aliphatic rings. The minimum Gasteiger partial charge on any atom is -0.493 e.